The fourth-order valence-electron chi connectivity index (χ4n) is 1.78. The van der Waals surface area contributed by atoms with Gasteiger partial charge in [-0.25, -0.2) is 0 Å². The first-order chi connectivity index (χ1) is 10.2. The van der Waals surface area contributed by atoms with Crippen molar-refractivity contribution in [2.75, 3.05) is 11.1 Å². The van der Waals surface area contributed by atoms with E-state index in [0.717, 1.165) is 10.6 Å². The second-order valence-electron chi connectivity index (χ2n) is 4.32. The Morgan fingerprint density at radius 3 is 2.71 bits per heavy atom. The van der Waals surface area contributed by atoms with E-state index in [9.17, 15) is 4.79 Å². The molecule has 106 valence electrons. The van der Waals surface area contributed by atoms with E-state index in [4.69, 9.17) is 10.2 Å². The van der Waals surface area contributed by atoms with Gasteiger partial charge in [0.15, 0.2) is 11.6 Å². The van der Waals surface area contributed by atoms with Gasteiger partial charge in [0.05, 0.1) is 0 Å². The summed E-state index contributed by atoms with van der Waals surface area (Å²) in [6.45, 7) is 0. The average molecular weight is 300 g/mol. The predicted octanol–water partition coefficient (Wildman–Crippen LogP) is 2.56. The second-order valence-corrected chi connectivity index (χ2v) is 5.38. The number of rotatable bonds is 4. The summed E-state index contributed by atoms with van der Waals surface area (Å²) in [4.78, 5) is 11.9. The normalized spacial score (nSPS) is 10.5. The number of nitrogens with zero attached hydrogens (tertiary/aromatic N) is 2. The number of nitrogens with two attached hydrogens (primary N) is 1. The summed E-state index contributed by atoms with van der Waals surface area (Å²) in [7, 11) is 0. The SMILES string of the molecule is Nc1ccc(C(=O)Nc2nnc(Cc3ccccc3)s2)o1. The molecule has 6 nitrogen and oxygen atoms in total. The van der Waals surface area contributed by atoms with Crippen LogP contribution in [-0.2, 0) is 6.42 Å². The van der Waals surface area contributed by atoms with Gasteiger partial charge in [-0.2, -0.15) is 0 Å². The number of hydrogen-bond acceptors (Lipinski definition) is 6. The second kappa shape index (κ2) is 5.76. The monoisotopic (exact) mass is 300 g/mol. The van der Waals surface area contributed by atoms with Crippen molar-refractivity contribution in [1.29, 1.82) is 0 Å². The van der Waals surface area contributed by atoms with Crippen LogP contribution in [0.2, 0.25) is 0 Å². The van der Waals surface area contributed by atoms with Gasteiger partial charge in [0.25, 0.3) is 5.91 Å². The van der Waals surface area contributed by atoms with Crippen LogP contribution < -0.4 is 11.1 Å². The van der Waals surface area contributed by atoms with Gasteiger partial charge in [-0.05, 0) is 11.6 Å². The number of carbonyl (C=O) groups excluding carboxylic acids is 1. The number of amides is 1. The zero-order valence-electron chi connectivity index (χ0n) is 10.9. The highest BCUT2D eigenvalue weighted by Crippen LogP contribution is 2.19. The molecule has 1 amide bonds. The molecule has 0 saturated carbocycles. The van der Waals surface area contributed by atoms with Crippen molar-refractivity contribution in [1.82, 2.24) is 10.2 Å². The van der Waals surface area contributed by atoms with Crippen LogP contribution in [0.25, 0.3) is 0 Å². The third kappa shape index (κ3) is 3.26. The van der Waals surface area contributed by atoms with Gasteiger partial charge in [-0.15, -0.1) is 10.2 Å². The van der Waals surface area contributed by atoms with Crippen LogP contribution >= 0.6 is 11.3 Å². The molecule has 0 spiro atoms. The van der Waals surface area contributed by atoms with Gasteiger partial charge < -0.3 is 10.2 Å². The van der Waals surface area contributed by atoms with Crippen LogP contribution in [0.15, 0.2) is 46.9 Å². The highest BCUT2D eigenvalue weighted by atomic mass is 32.1. The molecule has 3 rings (SSSR count). The maximum absolute atomic E-state index is 11.9. The molecule has 3 N–H and O–H groups in total. The Bertz CT molecular complexity index is 751. The molecule has 0 bridgehead atoms. The smallest absolute Gasteiger partial charge is 0.293 e. The lowest BCUT2D eigenvalue weighted by Gasteiger charge is -1.96. The summed E-state index contributed by atoms with van der Waals surface area (Å²) in [5.41, 5.74) is 6.57. The minimum Gasteiger partial charge on any atom is -0.436 e. The molecule has 0 aliphatic heterocycles. The maximum atomic E-state index is 11.9. The summed E-state index contributed by atoms with van der Waals surface area (Å²) in [6.07, 6.45) is 0.683. The van der Waals surface area contributed by atoms with Gasteiger partial charge in [0.2, 0.25) is 5.13 Å². The van der Waals surface area contributed by atoms with Crippen LogP contribution in [0.1, 0.15) is 21.1 Å². The van der Waals surface area contributed by atoms with Crippen molar-refractivity contribution in [3.63, 3.8) is 0 Å². The average Bonchev–Trinajstić information content (AvgIpc) is 3.09. The first-order valence-corrected chi connectivity index (χ1v) is 7.05. The van der Waals surface area contributed by atoms with Gasteiger partial charge in [0, 0.05) is 12.5 Å². The van der Waals surface area contributed by atoms with Crippen molar-refractivity contribution < 1.29 is 9.21 Å². The van der Waals surface area contributed by atoms with Crippen molar-refractivity contribution in [2.45, 2.75) is 6.42 Å². The largest absolute Gasteiger partial charge is 0.436 e. The van der Waals surface area contributed by atoms with Crippen molar-refractivity contribution in [2.24, 2.45) is 0 Å². The summed E-state index contributed by atoms with van der Waals surface area (Å²) >= 11 is 1.33. The van der Waals surface area contributed by atoms with Gasteiger partial charge in [0.1, 0.15) is 5.01 Å². The Balaban J connectivity index is 1.66. The Morgan fingerprint density at radius 1 is 1.19 bits per heavy atom. The van der Waals surface area contributed by atoms with E-state index in [1.165, 1.54) is 23.5 Å². The lowest BCUT2D eigenvalue weighted by atomic mass is 10.2. The summed E-state index contributed by atoms with van der Waals surface area (Å²) in [6, 6.07) is 13.0. The Morgan fingerprint density at radius 2 is 2.00 bits per heavy atom. The van der Waals surface area contributed by atoms with E-state index >= 15 is 0 Å². The Kier molecular flexibility index (Phi) is 3.65. The molecule has 2 heterocycles. The highest BCUT2D eigenvalue weighted by Gasteiger charge is 2.13. The minimum atomic E-state index is -0.394. The number of furan rings is 1. The topological polar surface area (TPSA) is 94.0 Å². The molecule has 0 atom stereocenters. The lowest BCUT2D eigenvalue weighted by molar-refractivity contribution is 0.0997. The van der Waals surface area contributed by atoms with Gasteiger partial charge >= 0.3 is 0 Å². The zero-order valence-corrected chi connectivity index (χ0v) is 11.8. The number of benzene rings is 1. The first-order valence-electron chi connectivity index (χ1n) is 6.23. The quantitative estimate of drug-likeness (QED) is 0.772. The van der Waals surface area contributed by atoms with E-state index in [1.54, 1.807) is 0 Å². The number of nitrogens with one attached hydrogen (secondary N) is 1. The van der Waals surface area contributed by atoms with E-state index in [0.29, 0.717) is 11.6 Å². The van der Waals surface area contributed by atoms with E-state index in [2.05, 4.69) is 15.5 Å². The number of nitrogen functional groups attached to an aromatic ring is 1. The molecule has 0 aliphatic rings. The molecular weight excluding hydrogens is 288 g/mol. The number of anilines is 2. The Labute approximate surface area is 124 Å². The molecule has 21 heavy (non-hydrogen) atoms. The molecule has 0 saturated heterocycles. The van der Waals surface area contributed by atoms with E-state index in [-0.39, 0.29) is 11.6 Å². The third-order valence-corrected chi connectivity index (χ3v) is 3.57. The van der Waals surface area contributed by atoms with E-state index < -0.39 is 5.91 Å². The molecule has 2 aromatic heterocycles. The number of hydrogen-bond donors (Lipinski definition) is 2. The van der Waals surface area contributed by atoms with Crippen LogP contribution in [-0.4, -0.2) is 16.1 Å². The van der Waals surface area contributed by atoms with Crippen molar-refractivity contribution in [3.05, 3.63) is 58.8 Å². The summed E-state index contributed by atoms with van der Waals surface area (Å²) < 4.78 is 5.04. The van der Waals surface area contributed by atoms with Crippen molar-refractivity contribution >= 4 is 28.3 Å². The van der Waals surface area contributed by atoms with Crippen LogP contribution in [0, 0.1) is 0 Å². The van der Waals surface area contributed by atoms with Crippen LogP contribution in [0.5, 0.6) is 0 Å². The zero-order chi connectivity index (χ0) is 14.7. The summed E-state index contributed by atoms with van der Waals surface area (Å²) in [5, 5.41) is 11.9. The maximum Gasteiger partial charge on any atom is 0.293 e. The summed E-state index contributed by atoms with van der Waals surface area (Å²) in [5.74, 6) is -0.0522. The number of carbonyl (C=O) groups is 1. The molecule has 7 heteroatoms. The van der Waals surface area contributed by atoms with Crippen molar-refractivity contribution in [3.8, 4) is 0 Å². The molecular formula is C14H12N4O2S. The molecule has 1 aromatic carbocycles. The standard InChI is InChI=1S/C14H12N4O2S/c15-11-7-6-10(20-11)13(19)16-14-18-17-12(21-14)8-9-4-2-1-3-5-9/h1-7H,8,15H2,(H,16,18,19). The fraction of sp³-hybridized carbons (Fsp3) is 0.0714. The molecule has 0 aliphatic carbocycles. The first kappa shape index (κ1) is 13.3. The van der Waals surface area contributed by atoms with Gasteiger partial charge in [-0.1, -0.05) is 41.7 Å². The van der Waals surface area contributed by atoms with Gasteiger partial charge in [-0.3, -0.25) is 10.1 Å². The van der Waals surface area contributed by atoms with E-state index in [1.807, 2.05) is 30.3 Å². The third-order valence-electron chi connectivity index (χ3n) is 2.74. The number of aromatic nitrogens is 2. The molecule has 0 fully saturated rings. The molecule has 0 unspecified atom stereocenters. The lowest BCUT2D eigenvalue weighted by Crippen LogP contribution is -2.10. The molecule has 0 radical (unpaired) electrons. The highest BCUT2D eigenvalue weighted by molar-refractivity contribution is 7.15. The fourth-order valence-corrected chi connectivity index (χ4v) is 2.55. The Hall–Kier alpha value is -2.67. The predicted molar refractivity (Wildman–Crippen MR) is 80.2 cm³/mol. The molecule has 3 aromatic rings. The van der Waals surface area contributed by atoms with Crippen LogP contribution in [0.4, 0.5) is 11.0 Å². The van der Waals surface area contributed by atoms with Crippen LogP contribution in [0.3, 0.4) is 0 Å². The minimum absolute atomic E-state index is 0.146.